The standard InChI is InChI=1S/C19H30O8/c1-10-7-12(21)8-18(3,4)19(10,25)6-5-11(2)26-17-16(24)15(23)14(22)13(9-20)27-17/h5-7,11,13-17,20,22-25H,8-9H2,1-4H3/b6-5+/t11?,13-,14-,15+,16-,17-,19-/m1/s1. The van der Waals surface area contributed by atoms with Crippen molar-refractivity contribution in [2.45, 2.75) is 76.5 Å². The Balaban J connectivity index is 2.11. The summed E-state index contributed by atoms with van der Waals surface area (Å²) >= 11 is 0. The summed E-state index contributed by atoms with van der Waals surface area (Å²) in [5.41, 5.74) is -1.52. The fourth-order valence-corrected chi connectivity index (χ4v) is 3.58. The second-order valence-corrected chi connectivity index (χ2v) is 8.02. The third-order valence-corrected chi connectivity index (χ3v) is 5.43. The highest BCUT2D eigenvalue weighted by Crippen LogP contribution is 2.44. The molecule has 0 spiro atoms. The van der Waals surface area contributed by atoms with Gasteiger partial charge in [0.2, 0.25) is 0 Å². The molecule has 0 saturated carbocycles. The van der Waals surface area contributed by atoms with Crippen LogP contribution in [0.25, 0.3) is 0 Å². The van der Waals surface area contributed by atoms with Gasteiger partial charge in [0, 0.05) is 11.8 Å². The number of hydrogen-bond donors (Lipinski definition) is 5. The van der Waals surface area contributed by atoms with Gasteiger partial charge in [0.25, 0.3) is 0 Å². The lowest BCUT2D eigenvalue weighted by molar-refractivity contribution is -0.306. The van der Waals surface area contributed by atoms with E-state index < -0.39 is 54.4 Å². The molecule has 8 heteroatoms. The molecule has 1 unspecified atom stereocenters. The van der Waals surface area contributed by atoms with Crippen LogP contribution in [0.1, 0.15) is 34.1 Å². The molecule has 2 aliphatic rings. The second-order valence-electron chi connectivity index (χ2n) is 8.02. The van der Waals surface area contributed by atoms with E-state index in [-0.39, 0.29) is 12.2 Å². The first-order valence-electron chi connectivity index (χ1n) is 9.02. The Bertz CT molecular complexity index is 611. The maximum atomic E-state index is 11.8. The minimum absolute atomic E-state index is 0.0406. The van der Waals surface area contributed by atoms with Crippen molar-refractivity contribution >= 4 is 5.78 Å². The van der Waals surface area contributed by atoms with E-state index in [2.05, 4.69) is 0 Å². The predicted octanol–water partition coefficient (Wildman–Crippen LogP) is -0.576. The van der Waals surface area contributed by atoms with E-state index in [4.69, 9.17) is 9.47 Å². The molecule has 1 aliphatic heterocycles. The number of rotatable bonds is 5. The Kier molecular flexibility index (Phi) is 6.63. The number of allylic oxidation sites excluding steroid dienone is 1. The molecule has 0 radical (unpaired) electrons. The lowest BCUT2D eigenvalue weighted by Crippen LogP contribution is -2.59. The normalized spacial score (nSPS) is 40.9. The molecule has 0 amide bonds. The van der Waals surface area contributed by atoms with Gasteiger partial charge in [-0.15, -0.1) is 0 Å². The summed E-state index contributed by atoms with van der Waals surface area (Å²) < 4.78 is 10.9. The molecule has 0 aromatic rings. The van der Waals surface area contributed by atoms with E-state index in [0.29, 0.717) is 5.57 Å². The average molecular weight is 386 g/mol. The van der Waals surface area contributed by atoms with Crippen LogP contribution in [-0.2, 0) is 14.3 Å². The van der Waals surface area contributed by atoms with E-state index in [1.807, 2.05) is 0 Å². The van der Waals surface area contributed by atoms with Gasteiger partial charge in [-0.1, -0.05) is 19.9 Å². The van der Waals surface area contributed by atoms with Crippen LogP contribution in [0.5, 0.6) is 0 Å². The number of hydrogen-bond acceptors (Lipinski definition) is 8. The highest BCUT2D eigenvalue weighted by Gasteiger charge is 2.47. The van der Waals surface area contributed by atoms with Crippen LogP contribution in [-0.4, -0.2) is 80.3 Å². The number of carbonyl (C=O) groups excluding carboxylic acids is 1. The number of aliphatic hydroxyl groups excluding tert-OH is 4. The number of ether oxygens (including phenoxy) is 2. The van der Waals surface area contributed by atoms with Crippen LogP contribution in [0.2, 0.25) is 0 Å². The Morgan fingerprint density at radius 3 is 2.48 bits per heavy atom. The van der Waals surface area contributed by atoms with Crippen molar-refractivity contribution in [2.24, 2.45) is 5.41 Å². The zero-order valence-electron chi connectivity index (χ0n) is 16.1. The molecule has 1 fully saturated rings. The zero-order chi connectivity index (χ0) is 20.6. The Morgan fingerprint density at radius 1 is 1.30 bits per heavy atom. The molecule has 8 nitrogen and oxygen atoms in total. The molecular weight excluding hydrogens is 356 g/mol. The van der Waals surface area contributed by atoms with Gasteiger partial charge >= 0.3 is 0 Å². The predicted molar refractivity (Wildman–Crippen MR) is 95.6 cm³/mol. The Morgan fingerprint density at radius 2 is 1.93 bits per heavy atom. The molecule has 1 saturated heterocycles. The van der Waals surface area contributed by atoms with Gasteiger partial charge in [-0.05, 0) is 31.6 Å². The van der Waals surface area contributed by atoms with Gasteiger partial charge in [-0.2, -0.15) is 0 Å². The number of ketones is 1. The van der Waals surface area contributed by atoms with E-state index in [0.717, 1.165) is 0 Å². The van der Waals surface area contributed by atoms with Gasteiger partial charge in [-0.3, -0.25) is 4.79 Å². The van der Waals surface area contributed by atoms with Gasteiger partial charge < -0.3 is 35.0 Å². The lowest BCUT2D eigenvalue weighted by atomic mass is 9.64. The van der Waals surface area contributed by atoms with E-state index in [1.165, 1.54) is 6.08 Å². The summed E-state index contributed by atoms with van der Waals surface area (Å²) in [6.45, 7) is 6.40. The lowest BCUT2D eigenvalue weighted by Gasteiger charge is -2.44. The van der Waals surface area contributed by atoms with Crippen molar-refractivity contribution in [3.05, 3.63) is 23.8 Å². The quantitative estimate of drug-likeness (QED) is 0.396. The minimum atomic E-state index is -1.52. The zero-order valence-corrected chi connectivity index (χ0v) is 16.1. The molecule has 27 heavy (non-hydrogen) atoms. The highest BCUT2D eigenvalue weighted by molar-refractivity contribution is 5.92. The van der Waals surface area contributed by atoms with Crippen LogP contribution < -0.4 is 0 Å². The molecule has 0 aromatic heterocycles. The molecule has 7 atom stereocenters. The van der Waals surface area contributed by atoms with Crippen LogP contribution >= 0.6 is 0 Å². The molecule has 1 heterocycles. The molecule has 1 aliphatic carbocycles. The highest BCUT2D eigenvalue weighted by atomic mass is 16.7. The summed E-state index contributed by atoms with van der Waals surface area (Å²) in [6, 6.07) is 0. The minimum Gasteiger partial charge on any atom is -0.394 e. The van der Waals surface area contributed by atoms with Gasteiger partial charge in [0.1, 0.15) is 30.0 Å². The molecule has 154 valence electrons. The molecule has 2 rings (SSSR count). The van der Waals surface area contributed by atoms with Crippen molar-refractivity contribution in [1.82, 2.24) is 0 Å². The average Bonchev–Trinajstić information content (AvgIpc) is 2.58. The first kappa shape index (κ1) is 22.2. The van der Waals surface area contributed by atoms with Crippen molar-refractivity contribution in [3.8, 4) is 0 Å². The maximum Gasteiger partial charge on any atom is 0.187 e. The van der Waals surface area contributed by atoms with Crippen LogP contribution in [0.4, 0.5) is 0 Å². The Labute approximate surface area is 158 Å². The first-order valence-corrected chi connectivity index (χ1v) is 9.02. The molecule has 0 aromatic carbocycles. The van der Waals surface area contributed by atoms with Gasteiger partial charge in [-0.25, -0.2) is 0 Å². The van der Waals surface area contributed by atoms with Crippen molar-refractivity contribution in [3.63, 3.8) is 0 Å². The summed E-state index contributed by atoms with van der Waals surface area (Å²) in [5, 5.41) is 50.0. The summed E-state index contributed by atoms with van der Waals surface area (Å²) in [5.74, 6) is -0.0406. The maximum absolute atomic E-state index is 11.8. The third kappa shape index (κ3) is 4.32. The van der Waals surface area contributed by atoms with Gasteiger partial charge in [0.15, 0.2) is 12.1 Å². The smallest absolute Gasteiger partial charge is 0.187 e. The fourth-order valence-electron chi connectivity index (χ4n) is 3.58. The van der Waals surface area contributed by atoms with Gasteiger partial charge in [0.05, 0.1) is 12.7 Å². The number of carbonyl (C=O) groups is 1. The molecule has 0 bridgehead atoms. The Hall–Kier alpha value is -1.13. The molecular formula is C19H30O8. The van der Waals surface area contributed by atoms with Crippen molar-refractivity contribution < 1.29 is 39.8 Å². The summed E-state index contributed by atoms with van der Waals surface area (Å²) in [7, 11) is 0. The van der Waals surface area contributed by atoms with E-state index in [1.54, 1.807) is 39.8 Å². The van der Waals surface area contributed by atoms with Crippen molar-refractivity contribution in [2.75, 3.05) is 6.61 Å². The fraction of sp³-hybridized carbons (Fsp3) is 0.737. The monoisotopic (exact) mass is 386 g/mol. The first-order chi connectivity index (χ1) is 12.4. The van der Waals surface area contributed by atoms with Crippen LogP contribution in [0.3, 0.4) is 0 Å². The van der Waals surface area contributed by atoms with E-state index >= 15 is 0 Å². The largest absolute Gasteiger partial charge is 0.394 e. The van der Waals surface area contributed by atoms with Crippen LogP contribution in [0.15, 0.2) is 23.8 Å². The SMILES string of the molecule is CC1=CC(=O)CC(C)(C)[C@@]1(O)/C=C/C(C)O[C@@H]1O[C@H](CO)[C@@H](O)[C@H](O)[C@H]1O. The second kappa shape index (κ2) is 8.08. The molecule has 5 N–H and O–H groups in total. The summed E-state index contributed by atoms with van der Waals surface area (Å²) in [6.07, 6.45) is -2.64. The van der Waals surface area contributed by atoms with Crippen LogP contribution in [0, 0.1) is 5.41 Å². The summed E-state index contributed by atoms with van der Waals surface area (Å²) in [4.78, 5) is 11.8. The van der Waals surface area contributed by atoms with E-state index in [9.17, 15) is 30.3 Å². The number of aliphatic hydroxyl groups is 5. The van der Waals surface area contributed by atoms with Crippen molar-refractivity contribution in [1.29, 1.82) is 0 Å². The third-order valence-electron chi connectivity index (χ3n) is 5.43. The topological polar surface area (TPSA) is 137 Å².